The minimum Gasteiger partial charge on any atom is -0.380 e. The van der Waals surface area contributed by atoms with Gasteiger partial charge in [0, 0.05) is 26.0 Å². The van der Waals surface area contributed by atoms with E-state index in [4.69, 9.17) is 4.74 Å². The zero-order chi connectivity index (χ0) is 16.4. The summed E-state index contributed by atoms with van der Waals surface area (Å²) in [7, 11) is -3.15. The Bertz CT molecular complexity index is 574. The monoisotopic (exact) mass is 455 g/mol. The van der Waals surface area contributed by atoms with E-state index in [-0.39, 0.29) is 24.0 Å². The standard InChI is InChI=1S/C15H25N3O3S.HI/c1-4-16-15(17-10-11-21-5-2)18-12-13-6-8-14(9-7-13)22(3,19)20;/h6-9H,4-5,10-12H2,1-3H3,(H2,16,17,18);1H. The lowest BCUT2D eigenvalue weighted by atomic mass is 10.2. The summed E-state index contributed by atoms with van der Waals surface area (Å²) in [6.45, 7) is 7.22. The number of ether oxygens (including phenoxy) is 1. The van der Waals surface area contributed by atoms with Crippen molar-refractivity contribution in [3.63, 3.8) is 0 Å². The molecule has 0 aliphatic rings. The first kappa shape index (κ1) is 22.1. The van der Waals surface area contributed by atoms with Crippen LogP contribution in [0, 0.1) is 0 Å². The van der Waals surface area contributed by atoms with E-state index in [0.717, 1.165) is 18.1 Å². The molecule has 0 aromatic heterocycles. The van der Waals surface area contributed by atoms with E-state index in [1.807, 2.05) is 13.8 Å². The van der Waals surface area contributed by atoms with Gasteiger partial charge in [-0.1, -0.05) is 12.1 Å². The second kappa shape index (κ2) is 11.6. The van der Waals surface area contributed by atoms with E-state index in [0.29, 0.717) is 31.2 Å². The number of nitrogens with zero attached hydrogens (tertiary/aromatic N) is 1. The van der Waals surface area contributed by atoms with Crippen molar-refractivity contribution in [1.29, 1.82) is 0 Å². The molecule has 0 heterocycles. The molecular formula is C15H26IN3O3S. The third kappa shape index (κ3) is 9.11. The summed E-state index contributed by atoms with van der Waals surface area (Å²) in [5, 5.41) is 6.33. The molecule has 0 atom stereocenters. The van der Waals surface area contributed by atoms with Crippen molar-refractivity contribution >= 4 is 39.8 Å². The minimum atomic E-state index is -3.15. The Hall–Kier alpha value is -0.870. The molecule has 0 fully saturated rings. The molecule has 0 saturated carbocycles. The first-order chi connectivity index (χ1) is 10.5. The molecule has 0 saturated heterocycles. The van der Waals surface area contributed by atoms with Crippen LogP contribution in [-0.4, -0.2) is 46.9 Å². The van der Waals surface area contributed by atoms with Gasteiger partial charge in [-0.05, 0) is 31.5 Å². The van der Waals surface area contributed by atoms with E-state index >= 15 is 0 Å². The smallest absolute Gasteiger partial charge is 0.191 e. The predicted molar refractivity (Wildman–Crippen MR) is 104 cm³/mol. The molecule has 2 N–H and O–H groups in total. The van der Waals surface area contributed by atoms with Crippen molar-refractivity contribution in [2.24, 2.45) is 4.99 Å². The van der Waals surface area contributed by atoms with Crippen LogP contribution in [0.15, 0.2) is 34.2 Å². The topological polar surface area (TPSA) is 79.8 Å². The molecule has 6 nitrogen and oxygen atoms in total. The molecule has 0 spiro atoms. The van der Waals surface area contributed by atoms with Crippen molar-refractivity contribution in [2.45, 2.75) is 25.3 Å². The fourth-order valence-corrected chi connectivity index (χ4v) is 2.37. The van der Waals surface area contributed by atoms with Gasteiger partial charge in [0.1, 0.15) is 0 Å². The normalized spacial score (nSPS) is 11.7. The van der Waals surface area contributed by atoms with Gasteiger partial charge in [-0.25, -0.2) is 13.4 Å². The van der Waals surface area contributed by atoms with E-state index in [9.17, 15) is 8.42 Å². The molecule has 0 aliphatic heterocycles. The van der Waals surface area contributed by atoms with Crippen molar-refractivity contribution in [3.8, 4) is 0 Å². The lowest BCUT2D eigenvalue weighted by Gasteiger charge is -2.11. The summed E-state index contributed by atoms with van der Waals surface area (Å²) in [4.78, 5) is 4.78. The average Bonchev–Trinajstić information content (AvgIpc) is 2.48. The van der Waals surface area contributed by atoms with E-state index < -0.39 is 9.84 Å². The van der Waals surface area contributed by atoms with Crippen LogP contribution >= 0.6 is 24.0 Å². The largest absolute Gasteiger partial charge is 0.380 e. The zero-order valence-electron chi connectivity index (χ0n) is 13.8. The highest BCUT2D eigenvalue weighted by Gasteiger charge is 2.06. The quantitative estimate of drug-likeness (QED) is 0.271. The van der Waals surface area contributed by atoms with Gasteiger partial charge in [0.15, 0.2) is 15.8 Å². The van der Waals surface area contributed by atoms with Crippen molar-refractivity contribution in [3.05, 3.63) is 29.8 Å². The van der Waals surface area contributed by atoms with Crippen molar-refractivity contribution in [1.82, 2.24) is 10.6 Å². The van der Waals surface area contributed by atoms with E-state index in [1.54, 1.807) is 24.3 Å². The third-order valence-corrected chi connectivity index (χ3v) is 3.99. The molecule has 132 valence electrons. The summed E-state index contributed by atoms with van der Waals surface area (Å²) in [6, 6.07) is 6.78. The van der Waals surface area contributed by atoms with Gasteiger partial charge in [-0.3, -0.25) is 0 Å². The van der Waals surface area contributed by atoms with Crippen LogP contribution < -0.4 is 10.6 Å². The molecule has 0 unspecified atom stereocenters. The van der Waals surface area contributed by atoms with Gasteiger partial charge < -0.3 is 15.4 Å². The van der Waals surface area contributed by atoms with Gasteiger partial charge in [0.2, 0.25) is 0 Å². The molecule has 1 aromatic carbocycles. The van der Waals surface area contributed by atoms with Crippen LogP contribution in [0.4, 0.5) is 0 Å². The summed E-state index contributed by atoms with van der Waals surface area (Å²) < 4.78 is 28.1. The molecular weight excluding hydrogens is 429 g/mol. The van der Waals surface area contributed by atoms with Crippen LogP contribution in [-0.2, 0) is 21.1 Å². The molecule has 8 heteroatoms. The van der Waals surface area contributed by atoms with Gasteiger partial charge in [0.25, 0.3) is 0 Å². The van der Waals surface area contributed by atoms with E-state index in [2.05, 4.69) is 15.6 Å². The highest BCUT2D eigenvalue weighted by atomic mass is 127. The number of aliphatic imine (C=N–C) groups is 1. The number of nitrogens with one attached hydrogen (secondary N) is 2. The Morgan fingerprint density at radius 3 is 2.35 bits per heavy atom. The van der Waals surface area contributed by atoms with Crippen molar-refractivity contribution in [2.75, 3.05) is 32.6 Å². The molecule has 0 aliphatic carbocycles. The highest BCUT2D eigenvalue weighted by Crippen LogP contribution is 2.10. The Morgan fingerprint density at radius 1 is 1.17 bits per heavy atom. The lowest BCUT2D eigenvalue weighted by molar-refractivity contribution is 0.152. The number of rotatable bonds is 8. The number of halogens is 1. The number of hydrogen-bond acceptors (Lipinski definition) is 4. The Kier molecular flexibility index (Phi) is 11.2. The predicted octanol–water partition coefficient (Wildman–Crippen LogP) is 1.80. The van der Waals surface area contributed by atoms with Crippen LogP contribution in [0.25, 0.3) is 0 Å². The summed E-state index contributed by atoms with van der Waals surface area (Å²) >= 11 is 0. The van der Waals surface area contributed by atoms with Crippen LogP contribution in [0.5, 0.6) is 0 Å². The lowest BCUT2D eigenvalue weighted by Crippen LogP contribution is -2.39. The SMILES string of the molecule is CCNC(=NCc1ccc(S(C)(=O)=O)cc1)NCCOCC.I. The molecule has 0 bridgehead atoms. The third-order valence-electron chi connectivity index (χ3n) is 2.86. The molecule has 0 radical (unpaired) electrons. The van der Waals surface area contributed by atoms with E-state index in [1.165, 1.54) is 6.26 Å². The van der Waals surface area contributed by atoms with Crippen LogP contribution in [0.2, 0.25) is 0 Å². The number of sulfone groups is 1. The maximum atomic E-state index is 11.4. The first-order valence-corrected chi connectivity index (χ1v) is 9.25. The first-order valence-electron chi connectivity index (χ1n) is 7.36. The Labute approximate surface area is 156 Å². The molecule has 1 rings (SSSR count). The van der Waals surface area contributed by atoms with Crippen molar-refractivity contribution < 1.29 is 13.2 Å². The highest BCUT2D eigenvalue weighted by molar-refractivity contribution is 14.0. The Morgan fingerprint density at radius 2 is 1.83 bits per heavy atom. The van der Waals surface area contributed by atoms with Crippen LogP contribution in [0.1, 0.15) is 19.4 Å². The number of guanidine groups is 1. The molecule has 23 heavy (non-hydrogen) atoms. The molecule has 0 amide bonds. The molecule has 1 aromatic rings. The average molecular weight is 455 g/mol. The van der Waals surface area contributed by atoms with Gasteiger partial charge in [0.05, 0.1) is 18.0 Å². The summed E-state index contributed by atoms with van der Waals surface area (Å²) in [5.74, 6) is 0.717. The minimum absolute atomic E-state index is 0. The number of benzene rings is 1. The van der Waals surface area contributed by atoms with Gasteiger partial charge in [-0.2, -0.15) is 0 Å². The Balaban J connectivity index is 0.00000484. The summed E-state index contributed by atoms with van der Waals surface area (Å²) in [5.41, 5.74) is 0.953. The fourth-order valence-electron chi connectivity index (χ4n) is 1.74. The summed E-state index contributed by atoms with van der Waals surface area (Å²) in [6.07, 6.45) is 1.20. The van der Waals surface area contributed by atoms with Gasteiger partial charge >= 0.3 is 0 Å². The van der Waals surface area contributed by atoms with Crippen LogP contribution in [0.3, 0.4) is 0 Å². The maximum absolute atomic E-state index is 11.4. The van der Waals surface area contributed by atoms with Gasteiger partial charge in [-0.15, -0.1) is 24.0 Å². The maximum Gasteiger partial charge on any atom is 0.191 e. The number of hydrogen-bond donors (Lipinski definition) is 2. The zero-order valence-corrected chi connectivity index (χ0v) is 17.0. The second-order valence-corrected chi connectivity index (χ2v) is 6.75. The fraction of sp³-hybridized carbons (Fsp3) is 0.533. The second-order valence-electron chi connectivity index (χ2n) is 4.73.